The molecule has 1 aromatic rings. The molecule has 1 aromatic carbocycles. The number of nitrogens with two attached hydrogens (primary N) is 1. The van der Waals surface area contributed by atoms with E-state index in [0.29, 0.717) is 18.0 Å². The fourth-order valence-electron chi connectivity index (χ4n) is 6.72. The SMILES string of the molecule is CC[C@H](C)C([C@@H](CC(=O)N1CCC[C@H]1[C@H](OC)[C@@H](C)C(=S)N[C@@H](Cc1ccccc1)C(=O)O)OC)N(C)C(=O)[C@@H](NC(=O)C(C)(C)N)C(C)C. The zero-order valence-electron chi connectivity index (χ0n) is 31.6. The van der Waals surface area contributed by atoms with Gasteiger partial charge in [-0.15, -0.1) is 0 Å². The third kappa shape index (κ3) is 11.4. The monoisotopic (exact) mass is 719 g/mol. The predicted octanol–water partition coefficient (Wildman–Crippen LogP) is 3.40. The van der Waals surface area contributed by atoms with Gasteiger partial charge >= 0.3 is 5.97 Å². The number of rotatable bonds is 19. The number of aliphatic carboxylic acids is 1. The van der Waals surface area contributed by atoms with Gasteiger partial charge in [-0.1, -0.05) is 83.6 Å². The van der Waals surface area contributed by atoms with E-state index in [9.17, 15) is 24.3 Å². The van der Waals surface area contributed by atoms with Crippen molar-refractivity contribution < 1.29 is 33.8 Å². The van der Waals surface area contributed by atoms with E-state index in [0.717, 1.165) is 18.4 Å². The third-order valence-corrected chi connectivity index (χ3v) is 10.5. The number of carbonyl (C=O) groups excluding carboxylic acids is 3. The van der Waals surface area contributed by atoms with Crippen molar-refractivity contribution in [1.29, 1.82) is 0 Å². The van der Waals surface area contributed by atoms with Crippen LogP contribution < -0.4 is 16.4 Å². The van der Waals surface area contributed by atoms with E-state index in [-0.39, 0.29) is 48.5 Å². The van der Waals surface area contributed by atoms with E-state index >= 15 is 0 Å². The number of benzene rings is 1. The molecule has 1 fully saturated rings. The Morgan fingerprint density at radius 3 is 2.20 bits per heavy atom. The summed E-state index contributed by atoms with van der Waals surface area (Å²) in [6, 6.07) is 6.87. The van der Waals surface area contributed by atoms with Crippen LogP contribution in [0.3, 0.4) is 0 Å². The molecule has 1 unspecified atom stereocenters. The molecule has 1 aliphatic rings. The van der Waals surface area contributed by atoms with E-state index in [1.165, 1.54) is 0 Å². The first kappa shape index (κ1) is 43.0. The molecule has 5 N–H and O–H groups in total. The summed E-state index contributed by atoms with van der Waals surface area (Å²) in [7, 11) is 4.82. The molecule has 0 aromatic heterocycles. The number of nitrogens with zero attached hydrogens (tertiary/aromatic N) is 2. The van der Waals surface area contributed by atoms with Crippen molar-refractivity contribution in [3.63, 3.8) is 0 Å². The molecule has 13 heteroatoms. The van der Waals surface area contributed by atoms with Crippen molar-refractivity contribution in [2.75, 3.05) is 27.8 Å². The van der Waals surface area contributed by atoms with Gasteiger partial charge in [0.1, 0.15) is 12.1 Å². The standard InChI is InChI=1S/C37H61N5O7S/c1-11-23(4)31(41(8)34(44)30(22(2)3)40-36(47)37(6,7)38)28(48-9)21-29(43)42-19-15-18-27(42)32(49-10)24(5)33(50)39-26(35(45)46)20-25-16-13-12-14-17-25/h12-14,16-17,22-24,26-28,30-32H,11,15,18-21,38H2,1-10H3,(H,39,50)(H,40,47)(H,45,46)/t23-,24+,26-,27-,28+,30-,31?,32+/m0/s1. The Kier molecular flexibility index (Phi) is 16.8. The Balaban J connectivity index is 2.26. The van der Waals surface area contributed by atoms with Gasteiger partial charge in [0.25, 0.3) is 0 Å². The minimum absolute atomic E-state index is 0.0276. The van der Waals surface area contributed by atoms with Crippen molar-refractivity contribution in [2.45, 2.75) is 122 Å². The number of carbonyl (C=O) groups is 4. The molecule has 0 bridgehead atoms. The molecule has 1 heterocycles. The second-order valence-electron chi connectivity index (χ2n) is 14.6. The van der Waals surface area contributed by atoms with Crippen LogP contribution in [-0.2, 0) is 35.1 Å². The first-order valence-corrected chi connectivity index (χ1v) is 18.1. The Bertz CT molecular complexity index is 1290. The van der Waals surface area contributed by atoms with Gasteiger partial charge in [0.2, 0.25) is 17.7 Å². The average molecular weight is 720 g/mol. The Morgan fingerprint density at radius 1 is 1.08 bits per heavy atom. The second kappa shape index (κ2) is 19.5. The number of thiocarbonyl (C=S) groups is 1. The highest BCUT2D eigenvalue weighted by Crippen LogP contribution is 2.30. The maximum absolute atomic E-state index is 14.1. The van der Waals surface area contributed by atoms with Crippen molar-refractivity contribution in [3.05, 3.63) is 35.9 Å². The van der Waals surface area contributed by atoms with Gasteiger partial charge in [-0.3, -0.25) is 14.4 Å². The van der Waals surface area contributed by atoms with Crippen molar-refractivity contribution in [2.24, 2.45) is 23.5 Å². The fourth-order valence-corrected chi connectivity index (χ4v) is 7.00. The van der Waals surface area contributed by atoms with Gasteiger partial charge in [-0.2, -0.15) is 0 Å². The summed E-state index contributed by atoms with van der Waals surface area (Å²) in [6.07, 6.45) is 1.38. The maximum Gasteiger partial charge on any atom is 0.326 e. The number of ether oxygens (including phenoxy) is 2. The summed E-state index contributed by atoms with van der Waals surface area (Å²) in [5.74, 6) is -2.47. The van der Waals surface area contributed by atoms with Crippen LogP contribution in [0.15, 0.2) is 30.3 Å². The van der Waals surface area contributed by atoms with E-state index in [4.69, 9.17) is 27.4 Å². The van der Waals surface area contributed by atoms with Crippen LogP contribution in [0.1, 0.15) is 79.7 Å². The van der Waals surface area contributed by atoms with Crippen molar-refractivity contribution >= 4 is 40.9 Å². The van der Waals surface area contributed by atoms with Crippen LogP contribution in [0.5, 0.6) is 0 Å². The molecule has 1 saturated heterocycles. The van der Waals surface area contributed by atoms with Crippen LogP contribution >= 0.6 is 12.2 Å². The number of nitrogens with one attached hydrogen (secondary N) is 2. The van der Waals surface area contributed by atoms with E-state index < -0.39 is 47.7 Å². The molecule has 1 aliphatic heterocycles. The summed E-state index contributed by atoms with van der Waals surface area (Å²) in [6.45, 7) is 13.4. The highest BCUT2D eigenvalue weighted by molar-refractivity contribution is 7.80. The topological polar surface area (TPSA) is 164 Å². The van der Waals surface area contributed by atoms with Gasteiger partial charge in [0, 0.05) is 40.2 Å². The summed E-state index contributed by atoms with van der Waals surface area (Å²) in [5, 5.41) is 15.8. The number of likely N-dealkylation sites (N-methyl/N-ethyl adjacent to an activating group) is 1. The number of carboxylic acids is 1. The molecule has 0 spiro atoms. The molecule has 3 amide bonds. The van der Waals surface area contributed by atoms with Gasteiger partial charge in [-0.05, 0) is 44.1 Å². The highest BCUT2D eigenvalue weighted by Gasteiger charge is 2.43. The van der Waals surface area contributed by atoms with Crippen LogP contribution in [0, 0.1) is 17.8 Å². The molecule has 282 valence electrons. The number of hydrogen-bond acceptors (Lipinski definition) is 8. The highest BCUT2D eigenvalue weighted by atomic mass is 32.1. The second-order valence-corrected chi connectivity index (χ2v) is 15.0. The van der Waals surface area contributed by atoms with Crippen LogP contribution in [0.25, 0.3) is 0 Å². The normalized spacial score (nSPS) is 19.1. The van der Waals surface area contributed by atoms with Gasteiger partial charge in [-0.25, -0.2) is 4.79 Å². The first-order valence-electron chi connectivity index (χ1n) is 17.7. The summed E-state index contributed by atoms with van der Waals surface area (Å²) in [5.41, 5.74) is 5.73. The summed E-state index contributed by atoms with van der Waals surface area (Å²) >= 11 is 5.73. The number of methoxy groups -OCH3 is 2. The van der Waals surface area contributed by atoms with E-state index in [1.807, 2.05) is 69.9 Å². The number of amides is 3. The molecule has 50 heavy (non-hydrogen) atoms. The van der Waals surface area contributed by atoms with Crippen molar-refractivity contribution in [1.82, 2.24) is 20.4 Å². The largest absolute Gasteiger partial charge is 0.480 e. The lowest BCUT2D eigenvalue weighted by molar-refractivity contribution is -0.147. The lowest BCUT2D eigenvalue weighted by atomic mass is 9.89. The molecule has 2 rings (SSSR count). The van der Waals surface area contributed by atoms with Crippen LogP contribution in [0.4, 0.5) is 0 Å². The zero-order chi connectivity index (χ0) is 37.9. The lowest BCUT2D eigenvalue weighted by Crippen LogP contribution is -2.60. The van der Waals surface area contributed by atoms with E-state index in [1.54, 1.807) is 40.0 Å². The third-order valence-electron chi connectivity index (χ3n) is 9.96. The lowest BCUT2D eigenvalue weighted by Gasteiger charge is -2.41. The smallest absolute Gasteiger partial charge is 0.326 e. The molecule has 0 aliphatic carbocycles. The quantitative estimate of drug-likeness (QED) is 0.156. The maximum atomic E-state index is 14.1. The number of carboxylic acid groups (broad SMARTS) is 1. The number of hydrogen-bond donors (Lipinski definition) is 4. The summed E-state index contributed by atoms with van der Waals surface area (Å²) in [4.78, 5) is 56.8. The van der Waals surface area contributed by atoms with Gasteiger partial charge in [0.15, 0.2) is 0 Å². The predicted molar refractivity (Wildman–Crippen MR) is 198 cm³/mol. The number of likely N-dealkylation sites (tertiary alicyclic amines) is 1. The molecule has 0 radical (unpaired) electrons. The van der Waals surface area contributed by atoms with Crippen LogP contribution in [0.2, 0.25) is 0 Å². The van der Waals surface area contributed by atoms with E-state index in [2.05, 4.69) is 10.6 Å². The minimum Gasteiger partial charge on any atom is -0.480 e. The minimum atomic E-state index is -1.16. The van der Waals surface area contributed by atoms with Crippen LogP contribution in [-0.4, -0.2) is 113 Å². The Morgan fingerprint density at radius 2 is 1.70 bits per heavy atom. The molecule has 8 atom stereocenters. The molecule has 0 saturated carbocycles. The fraction of sp³-hybridized carbons (Fsp3) is 0.703. The Labute approximate surface area is 304 Å². The molecular formula is C37H61N5O7S. The van der Waals surface area contributed by atoms with Gasteiger partial charge in [0.05, 0.1) is 41.2 Å². The Hall–Kier alpha value is -3.13. The first-order chi connectivity index (χ1) is 23.4. The molecular weight excluding hydrogens is 659 g/mol. The zero-order valence-corrected chi connectivity index (χ0v) is 32.4. The molecule has 12 nitrogen and oxygen atoms in total. The summed E-state index contributed by atoms with van der Waals surface area (Å²) < 4.78 is 11.9. The average Bonchev–Trinajstić information content (AvgIpc) is 3.55. The van der Waals surface area contributed by atoms with Crippen molar-refractivity contribution in [3.8, 4) is 0 Å². The van der Waals surface area contributed by atoms with Gasteiger partial charge < -0.3 is 40.7 Å².